The van der Waals surface area contributed by atoms with Crippen LogP contribution >= 0.6 is 0 Å². The third-order valence-electron chi connectivity index (χ3n) is 1.96. The van der Waals surface area contributed by atoms with Gasteiger partial charge < -0.3 is 20.3 Å². The summed E-state index contributed by atoms with van der Waals surface area (Å²) < 4.78 is 10.5. The second-order valence-electron chi connectivity index (χ2n) is 3.05. The molecule has 0 unspecified atom stereocenters. The van der Waals surface area contributed by atoms with E-state index in [4.69, 9.17) is 20.3 Å². The van der Waals surface area contributed by atoms with Gasteiger partial charge in [0.2, 0.25) is 0 Å². The predicted molar refractivity (Wildman–Crippen MR) is 60.2 cm³/mol. The lowest BCUT2D eigenvalue weighted by molar-refractivity contribution is 0.0697. The second-order valence-corrected chi connectivity index (χ2v) is 3.05. The largest absolute Gasteiger partial charge is 0.494 e. The molecule has 0 heterocycles. The summed E-state index contributed by atoms with van der Waals surface area (Å²) in [5, 5.41) is 8.96. The van der Waals surface area contributed by atoms with E-state index in [2.05, 4.69) is 0 Å². The summed E-state index contributed by atoms with van der Waals surface area (Å²) >= 11 is 0. The molecule has 0 atom stereocenters. The van der Waals surface area contributed by atoms with Crippen LogP contribution in [0.5, 0.6) is 11.5 Å². The highest BCUT2D eigenvalue weighted by Crippen LogP contribution is 2.31. The molecule has 1 aromatic rings. The Morgan fingerprint density at radius 1 is 1.31 bits per heavy atom. The molecule has 3 N–H and O–H groups in total. The average Bonchev–Trinajstić information content (AvgIpc) is 2.23. The molecule has 1 rings (SSSR count). The molecular weight excluding hydrogens is 210 g/mol. The van der Waals surface area contributed by atoms with E-state index in [1.807, 2.05) is 6.92 Å². The van der Waals surface area contributed by atoms with Gasteiger partial charge in [0.05, 0.1) is 24.5 Å². The molecule has 0 spiro atoms. The molecule has 5 heteroatoms. The van der Waals surface area contributed by atoms with Crippen LogP contribution in [0.2, 0.25) is 0 Å². The SMILES string of the molecule is CCOc1cc(OCC)c(N)c(C(=O)O)c1. The van der Waals surface area contributed by atoms with Crippen LogP contribution in [-0.2, 0) is 0 Å². The summed E-state index contributed by atoms with van der Waals surface area (Å²) in [6.45, 7) is 4.48. The summed E-state index contributed by atoms with van der Waals surface area (Å²) in [7, 11) is 0. The van der Waals surface area contributed by atoms with Gasteiger partial charge in [-0.25, -0.2) is 4.79 Å². The fourth-order valence-electron chi connectivity index (χ4n) is 1.30. The van der Waals surface area contributed by atoms with E-state index < -0.39 is 5.97 Å². The van der Waals surface area contributed by atoms with Gasteiger partial charge >= 0.3 is 5.97 Å². The monoisotopic (exact) mass is 225 g/mol. The number of nitrogens with two attached hydrogens (primary N) is 1. The summed E-state index contributed by atoms with van der Waals surface area (Å²) in [5.74, 6) is -0.316. The van der Waals surface area contributed by atoms with E-state index in [0.717, 1.165) is 0 Å². The minimum Gasteiger partial charge on any atom is -0.494 e. The van der Waals surface area contributed by atoms with Crippen molar-refractivity contribution >= 4 is 11.7 Å². The zero-order valence-corrected chi connectivity index (χ0v) is 9.32. The molecule has 0 saturated heterocycles. The van der Waals surface area contributed by atoms with Crippen molar-refractivity contribution in [3.05, 3.63) is 17.7 Å². The topological polar surface area (TPSA) is 81.8 Å². The third-order valence-corrected chi connectivity index (χ3v) is 1.96. The van der Waals surface area contributed by atoms with E-state index in [1.165, 1.54) is 6.07 Å². The van der Waals surface area contributed by atoms with Gasteiger partial charge in [-0.3, -0.25) is 0 Å². The quantitative estimate of drug-likeness (QED) is 0.746. The van der Waals surface area contributed by atoms with E-state index in [9.17, 15) is 4.79 Å². The van der Waals surface area contributed by atoms with Gasteiger partial charge in [-0.05, 0) is 19.9 Å². The Balaban J connectivity index is 3.21. The van der Waals surface area contributed by atoms with E-state index in [1.54, 1.807) is 13.0 Å². The van der Waals surface area contributed by atoms with Crippen LogP contribution in [0, 0.1) is 0 Å². The molecule has 5 nitrogen and oxygen atoms in total. The van der Waals surface area contributed by atoms with Crippen molar-refractivity contribution in [1.29, 1.82) is 0 Å². The molecule has 0 aromatic heterocycles. The van der Waals surface area contributed by atoms with Crippen LogP contribution in [0.15, 0.2) is 12.1 Å². The summed E-state index contributed by atoms with van der Waals surface area (Å²) in [6.07, 6.45) is 0. The molecule has 0 amide bonds. The van der Waals surface area contributed by atoms with Gasteiger partial charge in [-0.2, -0.15) is 0 Å². The predicted octanol–water partition coefficient (Wildman–Crippen LogP) is 1.76. The number of aromatic carboxylic acids is 1. The van der Waals surface area contributed by atoms with Crippen molar-refractivity contribution in [2.75, 3.05) is 18.9 Å². The first-order valence-electron chi connectivity index (χ1n) is 5.02. The van der Waals surface area contributed by atoms with Crippen LogP contribution < -0.4 is 15.2 Å². The first-order valence-corrected chi connectivity index (χ1v) is 5.02. The molecule has 88 valence electrons. The zero-order chi connectivity index (χ0) is 12.1. The highest BCUT2D eigenvalue weighted by atomic mass is 16.5. The molecule has 0 aliphatic rings. The standard InChI is InChI=1S/C11H15NO4/c1-3-15-7-5-8(11(13)14)10(12)9(6-7)16-4-2/h5-6H,3-4,12H2,1-2H3,(H,13,14). The molecule has 16 heavy (non-hydrogen) atoms. The lowest BCUT2D eigenvalue weighted by Gasteiger charge is -2.12. The first kappa shape index (κ1) is 12.2. The summed E-state index contributed by atoms with van der Waals surface area (Å²) in [4.78, 5) is 10.9. The summed E-state index contributed by atoms with van der Waals surface area (Å²) in [5.41, 5.74) is 5.79. The molecular formula is C11H15NO4. The molecule has 1 aromatic carbocycles. The number of anilines is 1. The molecule has 0 fully saturated rings. The van der Waals surface area contributed by atoms with Crippen molar-refractivity contribution < 1.29 is 19.4 Å². The van der Waals surface area contributed by atoms with Crippen molar-refractivity contribution in [3.63, 3.8) is 0 Å². The van der Waals surface area contributed by atoms with Gasteiger partial charge in [0.25, 0.3) is 0 Å². The number of hydrogen-bond acceptors (Lipinski definition) is 4. The van der Waals surface area contributed by atoms with E-state index in [-0.39, 0.29) is 11.3 Å². The number of carboxylic acid groups (broad SMARTS) is 1. The third kappa shape index (κ3) is 2.56. The maximum atomic E-state index is 10.9. The van der Waals surface area contributed by atoms with Crippen LogP contribution in [0.25, 0.3) is 0 Å². The fourth-order valence-corrected chi connectivity index (χ4v) is 1.30. The zero-order valence-electron chi connectivity index (χ0n) is 9.32. The molecule has 0 radical (unpaired) electrons. The minimum absolute atomic E-state index is 0.00519. The first-order chi connectivity index (χ1) is 7.60. The van der Waals surface area contributed by atoms with Crippen LogP contribution in [0.4, 0.5) is 5.69 Å². The molecule has 0 aliphatic carbocycles. The highest BCUT2D eigenvalue weighted by molar-refractivity contribution is 5.95. The number of carboxylic acids is 1. The van der Waals surface area contributed by atoms with Crippen molar-refractivity contribution in [3.8, 4) is 11.5 Å². The van der Waals surface area contributed by atoms with Gasteiger partial charge in [-0.1, -0.05) is 0 Å². The number of hydrogen-bond donors (Lipinski definition) is 2. The van der Waals surface area contributed by atoms with Crippen LogP contribution in [0.3, 0.4) is 0 Å². The van der Waals surface area contributed by atoms with Crippen LogP contribution in [0.1, 0.15) is 24.2 Å². The maximum absolute atomic E-state index is 10.9. The van der Waals surface area contributed by atoms with Crippen molar-refractivity contribution in [1.82, 2.24) is 0 Å². The summed E-state index contributed by atoms with van der Waals surface area (Å²) in [6, 6.07) is 2.98. The Morgan fingerprint density at radius 3 is 2.44 bits per heavy atom. The smallest absolute Gasteiger partial charge is 0.338 e. The maximum Gasteiger partial charge on any atom is 0.338 e. The number of ether oxygens (including phenoxy) is 2. The highest BCUT2D eigenvalue weighted by Gasteiger charge is 2.15. The molecule has 0 aliphatic heterocycles. The number of benzene rings is 1. The van der Waals surface area contributed by atoms with Gasteiger partial charge in [0.1, 0.15) is 11.5 Å². The van der Waals surface area contributed by atoms with Gasteiger partial charge in [0, 0.05) is 6.07 Å². The number of rotatable bonds is 5. The van der Waals surface area contributed by atoms with E-state index >= 15 is 0 Å². The van der Waals surface area contributed by atoms with Gasteiger partial charge in [-0.15, -0.1) is 0 Å². The Hall–Kier alpha value is -1.91. The van der Waals surface area contributed by atoms with Crippen molar-refractivity contribution in [2.24, 2.45) is 0 Å². The Morgan fingerprint density at radius 2 is 1.94 bits per heavy atom. The lowest BCUT2D eigenvalue weighted by Crippen LogP contribution is -2.06. The Kier molecular flexibility index (Phi) is 3.99. The normalized spacial score (nSPS) is 9.88. The Bertz CT molecular complexity index is 390. The second kappa shape index (κ2) is 5.25. The van der Waals surface area contributed by atoms with Crippen molar-refractivity contribution in [2.45, 2.75) is 13.8 Å². The Labute approximate surface area is 93.8 Å². The number of nitrogen functional groups attached to an aromatic ring is 1. The molecule has 0 saturated carbocycles. The van der Waals surface area contributed by atoms with Gasteiger partial charge in [0.15, 0.2) is 0 Å². The van der Waals surface area contributed by atoms with Crippen LogP contribution in [-0.4, -0.2) is 24.3 Å². The average molecular weight is 225 g/mol. The molecule has 0 bridgehead atoms. The van der Waals surface area contributed by atoms with E-state index in [0.29, 0.717) is 24.7 Å². The fraction of sp³-hybridized carbons (Fsp3) is 0.364. The number of carbonyl (C=O) groups is 1. The lowest BCUT2D eigenvalue weighted by atomic mass is 10.1. The minimum atomic E-state index is -1.10.